The predicted octanol–water partition coefficient (Wildman–Crippen LogP) is 5.84. The first-order valence-electron chi connectivity index (χ1n) is 12.3. The maximum Gasteiger partial charge on any atom is 0.221 e. The number of ether oxygens (including phenoxy) is 2. The Kier molecular flexibility index (Phi) is 8.04. The number of benzene rings is 2. The molecular weight excluding hydrogens is 460 g/mol. The Bertz CT molecular complexity index is 1150. The summed E-state index contributed by atoms with van der Waals surface area (Å²) in [5, 5.41) is 2.81. The van der Waals surface area contributed by atoms with Crippen LogP contribution in [0.25, 0.3) is 11.0 Å². The number of amides is 1. The van der Waals surface area contributed by atoms with E-state index in [9.17, 15) is 4.79 Å². The van der Waals surface area contributed by atoms with E-state index in [-0.39, 0.29) is 5.91 Å². The number of nitrogens with zero attached hydrogens (tertiary/aromatic N) is 3. The topological polar surface area (TPSA) is 68.6 Å². The van der Waals surface area contributed by atoms with Crippen molar-refractivity contribution in [2.24, 2.45) is 5.92 Å². The number of carbonyl (C=O) groups excluding carboxylic acids is 1. The van der Waals surface area contributed by atoms with Crippen LogP contribution in [0.2, 0.25) is 0 Å². The lowest BCUT2D eigenvalue weighted by Crippen LogP contribution is -2.29. The van der Waals surface area contributed by atoms with Gasteiger partial charge in [0.25, 0.3) is 0 Å². The van der Waals surface area contributed by atoms with Crippen LogP contribution >= 0.6 is 11.9 Å². The lowest BCUT2D eigenvalue weighted by Gasteiger charge is -2.28. The van der Waals surface area contributed by atoms with E-state index in [4.69, 9.17) is 14.5 Å². The molecule has 3 aromatic rings. The van der Waals surface area contributed by atoms with E-state index in [0.29, 0.717) is 12.5 Å². The number of nitrogens with one attached hydrogen (secondary N) is 1. The predicted molar refractivity (Wildman–Crippen MR) is 143 cm³/mol. The minimum atomic E-state index is -0.477. The average molecular weight is 497 g/mol. The molecule has 1 fully saturated rings. The van der Waals surface area contributed by atoms with Gasteiger partial charge in [0.2, 0.25) is 5.91 Å². The third kappa shape index (κ3) is 6.18. The summed E-state index contributed by atoms with van der Waals surface area (Å²) >= 11 is 1.63. The first-order chi connectivity index (χ1) is 16.8. The van der Waals surface area contributed by atoms with Gasteiger partial charge >= 0.3 is 0 Å². The number of fused-ring (bicyclic) bond motifs is 1. The highest BCUT2D eigenvalue weighted by Gasteiger charge is 2.30. The molecule has 1 saturated heterocycles. The number of imidazole rings is 1. The molecule has 8 heteroatoms. The summed E-state index contributed by atoms with van der Waals surface area (Å²) in [6.45, 7) is 11.0. The van der Waals surface area contributed by atoms with E-state index >= 15 is 0 Å². The molecular formula is C27H36N4O3S. The Hall–Kier alpha value is -2.55. The fraction of sp³-hybridized carbons (Fsp3) is 0.481. The van der Waals surface area contributed by atoms with Gasteiger partial charge in [0.1, 0.15) is 11.4 Å². The van der Waals surface area contributed by atoms with Gasteiger partial charge in [-0.1, -0.05) is 0 Å². The Morgan fingerprint density at radius 1 is 1.23 bits per heavy atom. The first-order valence-corrected chi connectivity index (χ1v) is 13.1. The molecule has 0 radical (unpaired) electrons. The number of hydrogen-bond donors (Lipinski definition) is 1. The van der Waals surface area contributed by atoms with Crippen molar-refractivity contribution < 1.29 is 14.3 Å². The molecule has 7 nitrogen and oxygen atoms in total. The van der Waals surface area contributed by atoms with Crippen LogP contribution in [0.15, 0.2) is 47.4 Å². The summed E-state index contributed by atoms with van der Waals surface area (Å²) < 4.78 is 16.2. The van der Waals surface area contributed by atoms with Crippen LogP contribution in [0.1, 0.15) is 46.4 Å². The van der Waals surface area contributed by atoms with Crippen molar-refractivity contribution in [3.05, 3.63) is 48.3 Å². The van der Waals surface area contributed by atoms with Crippen molar-refractivity contribution >= 4 is 40.3 Å². The van der Waals surface area contributed by atoms with Gasteiger partial charge in [0, 0.05) is 56.6 Å². The lowest BCUT2D eigenvalue weighted by molar-refractivity contribution is -0.114. The number of rotatable bonds is 9. The third-order valence-corrected chi connectivity index (χ3v) is 7.31. The van der Waals surface area contributed by atoms with E-state index in [0.717, 1.165) is 65.7 Å². The molecule has 2 aromatic carbocycles. The monoisotopic (exact) mass is 496 g/mol. The molecule has 0 bridgehead atoms. The lowest BCUT2D eigenvalue weighted by atomic mass is 9.99. The van der Waals surface area contributed by atoms with Crippen LogP contribution < -0.4 is 9.62 Å². The maximum absolute atomic E-state index is 11.3. The van der Waals surface area contributed by atoms with Crippen LogP contribution in [0, 0.1) is 5.92 Å². The number of anilines is 2. The summed E-state index contributed by atoms with van der Waals surface area (Å²) in [4.78, 5) is 17.4. The average Bonchev–Trinajstić information content (AvgIpc) is 3.19. The van der Waals surface area contributed by atoms with Crippen molar-refractivity contribution in [3.8, 4) is 0 Å². The number of carbonyl (C=O) groups is 1. The van der Waals surface area contributed by atoms with E-state index in [2.05, 4.69) is 53.3 Å². The largest absolute Gasteiger partial charge is 0.381 e. The van der Waals surface area contributed by atoms with Gasteiger partial charge < -0.3 is 23.7 Å². The zero-order valence-electron chi connectivity index (χ0n) is 21.3. The highest BCUT2D eigenvalue weighted by molar-refractivity contribution is 8.00. The second-order valence-corrected chi connectivity index (χ2v) is 10.7. The van der Waals surface area contributed by atoms with Crippen LogP contribution in [-0.4, -0.2) is 42.3 Å². The van der Waals surface area contributed by atoms with Crippen molar-refractivity contribution in [3.63, 3.8) is 0 Å². The van der Waals surface area contributed by atoms with Gasteiger partial charge in [0.05, 0.1) is 11.0 Å². The molecule has 0 atom stereocenters. The van der Waals surface area contributed by atoms with E-state index in [1.807, 2.05) is 31.2 Å². The molecule has 1 amide bonds. The Morgan fingerprint density at radius 3 is 2.60 bits per heavy atom. The summed E-state index contributed by atoms with van der Waals surface area (Å²) in [6, 6.07) is 14.3. The zero-order chi connectivity index (χ0) is 25.0. The molecule has 0 unspecified atom stereocenters. The van der Waals surface area contributed by atoms with Crippen molar-refractivity contribution in [2.45, 2.75) is 57.6 Å². The molecule has 188 valence electrons. The van der Waals surface area contributed by atoms with Crippen LogP contribution in [0.3, 0.4) is 0 Å². The molecule has 0 saturated carbocycles. The summed E-state index contributed by atoms with van der Waals surface area (Å²) in [7, 11) is 2.05. The van der Waals surface area contributed by atoms with Gasteiger partial charge in [-0.3, -0.25) is 4.79 Å². The molecule has 0 spiro atoms. The molecule has 2 heterocycles. The highest BCUT2D eigenvalue weighted by Crippen LogP contribution is 2.34. The third-order valence-electron chi connectivity index (χ3n) is 6.34. The minimum absolute atomic E-state index is 0.0704. The van der Waals surface area contributed by atoms with Crippen LogP contribution in [0.5, 0.6) is 0 Å². The molecule has 1 N–H and O–H groups in total. The molecule has 0 aliphatic carbocycles. The van der Waals surface area contributed by atoms with Crippen LogP contribution in [0.4, 0.5) is 11.4 Å². The Morgan fingerprint density at radius 2 is 1.94 bits per heavy atom. The second kappa shape index (κ2) is 11.0. The van der Waals surface area contributed by atoms with E-state index in [1.165, 1.54) is 6.92 Å². The Labute approximate surface area is 212 Å². The summed E-state index contributed by atoms with van der Waals surface area (Å²) in [5.74, 6) is 1.48. The zero-order valence-corrected chi connectivity index (χ0v) is 22.2. The van der Waals surface area contributed by atoms with Crippen LogP contribution in [-0.2, 0) is 26.4 Å². The van der Waals surface area contributed by atoms with Gasteiger partial charge in [-0.25, -0.2) is 4.98 Å². The SMILES string of the molecule is CCOC(C)(C)c1nc2cc(N(C)Sc3ccc(NC(C)=O)cc3)ccc2n1CC1CCOCC1. The van der Waals surface area contributed by atoms with Crippen molar-refractivity contribution in [1.29, 1.82) is 0 Å². The fourth-order valence-electron chi connectivity index (χ4n) is 4.58. The molecule has 4 rings (SSSR count). The van der Waals surface area contributed by atoms with E-state index < -0.39 is 5.60 Å². The van der Waals surface area contributed by atoms with Gasteiger partial charge in [0.15, 0.2) is 0 Å². The second-order valence-electron chi connectivity index (χ2n) is 9.51. The van der Waals surface area contributed by atoms with Crippen molar-refractivity contribution in [2.75, 3.05) is 36.5 Å². The number of aromatic nitrogens is 2. The molecule has 1 aliphatic heterocycles. The first kappa shape index (κ1) is 25.5. The van der Waals surface area contributed by atoms with Crippen molar-refractivity contribution in [1.82, 2.24) is 9.55 Å². The fourth-order valence-corrected chi connectivity index (χ4v) is 5.38. The summed E-state index contributed by atoms with van der Waals surface area (Å²) in [6.07, 6.45) is 2.15. The van der Waals surface area contributed by atoms with Gasteiger partial charge in [-0.05, 0) is 93.9 Å². The standard InChI is InChI=1S/C27H36N4O3S/c1-6-34-27(3,4)26-29-24-17-22(9-12-25(24)31(26)18-20-13-15-33-16-14-20)30(5)35-23-10-7-21(8-11-23)28-19(2)32/h7-12,17,20H,6,13-16,18H2,1-5H3,(H,28,32). The summed E-state index contributed by atoms with van der Waals surface area (Å²) in [5.41, 5.74) is 3.51. The quantitative estimate of drug-likeness (QED) is 0.376. The van der Waals surface area contributed by atoms with Gasteiger partial charge in [-0.15, -0.1) is 0 Å². The van der Waals surface area contributed by atoms with E-state index in [1.54, 1.807) is 11.9 Å². The minimum Gasteiger partial charge on any atom is -0.381 e. The smallest absolute Gasteiger partial charge is 0.221 e. The molecule has 1 aliphatic rings. The molecule has 1 aromatic heterocycles. The number of hydrogen-bond acceptors (Lipinski definition) is 6. The maximum atomic E-state index is 11.3. The van der Waals surface area contributed by atoms with Gasteiger partial charge in [-0.2, -0.15) is 0 Å². The normalized spacial score (nSPS) is 14.9. The Balaban J connectivity index is 1.60. The highest BCUT2D eigenvalue weighted by atomic mass is 32.2. The molecule has 35 heavy (non-hydrogen) atoms.